The second-order valence-corrected chi connectivity index (χ2v) is 46.7. The third kappa shape index (κ3) is 28.6. The number of hydrogen-bond acceptors (Lipinski definition) is 28. The van der Waals surface area contributed by atoms with Crippen LogP contribution in [0.1, 0.15) is 132 Å². The van der Waals surface area contributed by atoms with Gasteiger partial charge >= 0.3 is 23.9 Å². The van der Waals surface area contributed by atoms with E-state index in [4.69, 9.17) is 39.4 Å². The molecule has 12 rings (SSSR count). The topological polar surface area (TPSA) is 417 Å². The van der Waals surface area contributed by atoms with Gasteiger partial charge in [0, 0.05) is 73.2 Å². The van der Waals surface area contributed by atoms with Gasteiger partial charge in [-0.1, -0.05) is 107 Å². The van der Waals surface area contributed by atoms with E-state index in [2.05, 4.69) is 27.7 Å². The molecule has 8 N–H and O–H groups in total. The second kappa shape index (κ2) is 47.6. The largest absolute Gasteiger partial charge is 0.489 e. The molecule has 0 aromatic heterocycles. The fourth-order valence-corrected chi connectivity index (χ4v) is 27.2. The van der Waals surface area contributed by atoms with Crippen molar-refractivity contribution in [3.8, 4) is 23.0 Å². The number of aliphatic hydroxyl groups is 4. The molecule has 0 spiro atoms. The van der Waals surface area contributed by atoms with Crippen LogP contribution < -0.4 is 38.5 Å². The van der Waals surface area contributed by atoms with Crippen LogP contribution in [0.4, 0.5) is 63.1 Å². The lowest BCUT2D eigenvalue weighted by atomic mass is 9.86. The molecule has 40 heteroatoms. The fraction of sp³-hybridized carbons (Fsp3) is 0.458. The number of anilines is 8. The minimum Gasteiger partial charge on any atom is -0.489 e. The van der Waals surface area contributed by atoms with Crippen LogP contribution in [-0.4, -0.2) is 223 Å². The van der Waals surface area contributed by atoms with E-state index >= 15 is 0 Å². The number of unbranched alkanes of at least 4 members (excludes halogenated alkanes) is 4. The van der Waals surface area contributed by atoms with Gasteiger partial charge in [0.1, 0.15) is 72.7 Å². The monoisotopic (exact) mass is 2040 g/mol. The summed E-state index contributed by atoms with van der Waals surface area (Å²) in [4.78, 5) is 54.2. The quantitative estimate of drug-likeness (QED) is 0.0134. The maximum Gasteiger partial charge on any atom is 0.336 e. The molecule has 744 valence electrons. The summed E-state index contributed by atoms with van der Waals surface area (Å²) in [6.07, 6.45) is 10.3. The van der Waals surface area contributed by atoms with E-state index in [9.17, 15) is 90.8 Å². The Morgan fingerprint density at radius 2 is 0.493 bits per heavy atom. The number of thioether (sulfide) groups is 4. The molecule has 0 saturated heterocycles. The zero-order valence-electron chi connectivity index (χ0n) is 77.8. The number of benzene rings is 8. The van der Waals surface area contributed by atoms with E-state index < -0.39 is 136 Å². The van der Waals surface area contributed by atoms with Gasteiger partial charge < -0.3 is 79.4 Å². The van der Waals surface area contributed by atoms with Crippen LogP contribution in [0, 0.1) is 44.9 Å². The Bertz CT molecular complexity index is 5280. The smallest absolute Gasteiger partial charge is 0.336 e. The third-order valence-corrected chi connectivity index (χ3v) is 34.9. The predicted molar refractivity (Wildman–Crippen MR) is 522 cm³/mol. The molecule has 4 heterocycles. The van der Waals surface area contributed by atoms with Crippen LogP contribution in [0.2, 0.25) is 0 Å². The summed E-state index contributed by atoms with van der Waals surface area (Å²) in [6.45, 7) is 15.7. The van der Waals surface area contributed by atoms with E-state index in [1.54, 1.807) is 97.8 Å². The number of carboxylic acids is 4. The summed E-state index contributed by atoms with van der Waals surface area (Å²) >= 11 is 5.25. The molecule has 0 bridgehead atoms. The zero-order chi connectivity index (χ0) is 100. The molecule has 136 heavy (non-hydrogen) atoms. The summed E-state index contributed by atoms with van der Waals surface area (Å²) in [5.74, 6) is -6.78. The first-order valence-electron chi connectivity index (χ1n) is 44.0. The first-order valence-corrected chi connectivity index (χ1v) is 55.5. The summed E-state index contributed by atoms with van der Waals surface area (Å²) in [6, 6.07) is 36.2. The van der Waals surface area contributed by atoms with Gasteiger partial charge in [-0.15, -0.1) is 47.0 Å². The number of sulfone groups is 4. The van der Waals surface area contributed by atoms with E-state index in [1.165, 1.54) is 120 Å². The van der Waals surface area contributed by atoms with Gasteiger partial charge in [-0.2, -0.15) is 0 Å². The fourth-order valence-electron chi connectivity index (χ4n) is 16.6. The summed E-state index contributed by atoms with van der Waals surface area (Å²) < 4.78 is 186. The molecular weight excluding hydrogens is 1930 g/mol. The Hall–Kier alpha value is -9.20. The number of aliphatic hydroxyl groups excluding tert-OH is 4. The molecule has 4 aliphatic heterocycles. The first-order chi connectivity index (χ1) is 64.0. The van der Waals surface area contributed by atoms with E-state index in [1.807, 2.05) is 47.3 Å². The normalized spacial score (nSPS) is 20.3. The molecule has 0 amide bonds. The van der Waals surface area contributed by atoms with Crippen molar-refractivity contribution in [2.75, 3.05) is 120 Å². The maximum atomic E-state index is 13.7. The maximum absolute atomic E-state index is 13.7. The molecule has 28 nitrogen and oxygen atoms in total. The minimum atomic E-state index is -3.75. The van der Waals surface area contributed by atoms with Gasteiger partial charge in [-0.05, 0) is 194 Å². The lowest BCUT2D eigenvalue weighted by molar-refractivity contribution is -0.148. The van der Waals surface area contributed by atoms with Crippen LogP contribution in [0.3, 0.4) is 0 Å². The van der Waals surface area contributed by atoms with Gasteiger partial charge in [0.25, 0.3) is 0 Å². The highest BCUT2D eigenvalue weighted by Gasteiger charge is 2.46. The van der Waals surface area contributed by atoms with Crippen molar-refractivity contribution in [2.24, 2.45) is 21.7 Å². The predicted octanol–water partition coefficient (Wildman–Crippen LogP) is 18.0. The Balaban J connectivity index is 0.000000203. The van der Waals surface area contributed by atoms with E-state index in [0.29, 0.717) is 117 Å². The van der Waals surface area contributed by atoms with Crippen LogP contribution in [0.15, 0.2) is 185 Å². The molecule has 8 aromatic rings. The standard InChI is InChI=1S/4C24H30FNO6S2/c4*1-4-5-10-24(2)14-26(17-8-6-16(25)7-9-17)18-11-21(33-3)20(32-13-19(27)23(28)29)12-22(18)34(30,31)15-24/h4*6-9,11-12,19,27H,4-5,10,13-15H2,1-3H3,(H,28,29)/t2*19-,24+;2*19-,24-/m1010/s1. The summed E-state index contributed by atoms with van der Waals surface area (Å²) in [5.41, 5.74) is 2.31. The highest BCUT2D eigenvalue weighted by Crippen LogP contribution is 2.52. The van der Waals surface area contributed by atoms with Crippen molar-refractivity contribution >= 4 is 156 Å². The second-order valence-electron chi connectivity index (χ2n) is 35.5. The molecule has 8 aromatic carbocycles. The highest BCUT2D eigenvalue weighted by molar-refractivity contribution is 7.99. The average molecular weight is 2050 g/mol. The number of hydrogen-bond donors (Lipinski definition) is 8. The lowest BCUT2D eigenvalue weighted by Gasteiger charge is -2.34. The zero-order valence-corrected chi connectivity index (χ0v) is 84.3. The average Bonchev–Trinajstić information content (AvgIpc) is 1.75. The molecule has 0 radical (unpaired) electrons. The van der Waals surface area contributed by atoms with Crippen molar-refractivity contribution in [1.29, 1.82) is 0 Å². The van der Waals surface area contributed by atoms with Crippen LogP contribution in [-0.2, 0) is 58.5 Å². The molecular formula is C96H120F4N4O24S8. The number of nitrogens with zero attached hydrogens (tertiary/aromatic N) is 4. The lowest BCUT2D eigenvalue weighted by Crippen LogP contribution is -2.35. The molecule has 0 aliphatic carbocycles. The minimum absolute atomic E-state index is 0.0645. The summed E-state index contributed by atoms with van der Waals surface area (Å²) in [7, 11) is -15.0. The van der Waals surface area contributed by atoms with Gasteiger partial charge in [0.15, 0.2) is 63.8 Å². The van der Waals surface area contributed by atoms with Gasteiger partial charge in [0.2, 0.25) is 0 Å². The molecule has 0 fully saturated rings. The van der Waals surface area contributed by atoms with E-state index in [0.717, 1.165) is 51.4 Å². The van der Waals surface area contributed by atoms with Crippen molar-refractivity contribution < 1.29 is 130 Å². The molecule has 4 aliphatic rings. The highest BCUT2D eigenvalue weighted by atomic mass is 32.2. The first kappa shape index (κ1) is 110. The third-order valence-electron chi connectivity index (χ3n) is 23.6. The number of rotatable bonds is 36. The van der Waals surface area contributed by atoms with Crippen molar-refractivity contribution in [3.05, 3.63) is 169 Å². The molecule has 8 atom stereocenters. The van der Waals surface area contributed by atoms with Crippen LogP contribution in [0.25, 0.3) is 0 Å². The van der Waals surface area contributed by atoms with Gasteiger partial charge in [-0.3, -0.25) is 0 Å². The van der Waals surface area contributed by atoms with Crippen LogP contribution >= 0.6 is 47.0 Å². The number of halogens is 4. The Morgan fingerprint density at radius 1 is 0.324 bits per heavy atom. The number of fused-ring (bicyclic) bond motifs is 4. The number of aliphatic carboxylic acids is 4. The molecule has 0 unspecified atom stereocenters. The SMILES string of the molecule is CCCC[C@@]1(C)CN(c2ccc(F)cc2)c2cc(SC)c(OC[C@@H](O)C(=O)O)cc2S(=O)(=O)C1.CCCC[C@@]1(C)CN(c2ccc(F)cc2)c2cc(SC)c(OC[C@H](O)C(=O)O)cc2S(=O)(=O)C1.CCCC[C@]1(C)CN(c2ccc(F)cc2)c2cc(SC)c(OC[C@@H](O)C(=O)O)cc2S(=O)(=O)C1.CCCC[C@]1(C)CN(c2ccc(F)cc2)c2cc(SC)c(OC[C@H](O)C(=O)O)cc2S(=O)(=O)C1. The van der Waals surface area contributed by atoms with Crippen molar-refractivity contribution in [1.82, 2.24) is 0 Å². The number of carbonyl (C=O) groups is 4. The Labute approximate surface area is 809 Å². The Kier molecular flexibility index (Phi) is 38.7. The number of carboxylic acid groups (broad SMARTS) is 4. The van der Waals surface area contributed by atoms with E-state index in [-0.39, 0.29) is 88.9 Å². The van der Waals surface area contributed by atoms with Crippen molar-refractivity contribution in [3.63, 3.8) is 0 Å². The van der Waals surface area contributed by atoms with Gasteiger partial charge in [-0.25, -0.2) is 70.4 Å². The van der Waals surface area contributed by atoms with Crippen molar-refractivity contribution in [2.45, 2.75) is 196 Å². The van der Waals surface area contributed by atoms with Crippen LogP contribution in [0.5, 0.6) is 23.0 Å². The summed E-state index contributed by atoms with van der Waals surface area (Å²) in [5, 5.41) is 74.2. The molecule has 0 saturated carbocycles. The Morgan fingerprint density at radius 3 is 0.640 bits per heavy atom. The number of ether oxygens (including phenoxy) is 4. The van der Waals surface area contributed by atoms with Gasteiger partial charge in [0.05, 0.1) is 84.9 Å².